The van der Waals surface area contributed by atoms with E-state index in [0.717, 1.165) is 12.2 Å². The standard InChI is InChI=1S/C18H15N3O4/c1-11-8-16(11)17-7-6-15(25-17)9-12(10-19)18(22)20-13-2-4-14(5-3-13)21(23)24/h2-7,9,11,16H,8H2,1H3,(H,20,22)/b12-9+/t11-,16+/m1/s1. The molecule has 0 radical (unpaired) electrons. The number of nitrogens with zero attached hydrogens (tertiary/aromatic N) is 2. The molecule has 1 aliphatic rings. The minimum absolute atomic E-state index is 0.0773. The Morgan fingerprint density at radius 3 is 2.60 bits per heavy atom. The molecule has 0 unspecified atom stereocenters. The number of anilines is 1. The van der Waals surface area contributed by atoms with E-state index < -0.39 is 10.8 Å². The summed E-state index contributed by atoms with van der Waals surface area (Å²) in [4.78, 5) is 22.3. The van der Waals surface area contributed by atoms with Crippen LogP contribution in [-0.2, 0) is 4.79 Å². The Bertz CT molecular complexity index is 890. The average Bonchev–Trinajstić information content (AvgIpc) is 3.14. The number of carbonyl (C=O) groups excluding carboxylic acids is 1. The van der Waals surface area contributed by atoms with Gasteiger partial charge in [-0.05, 0) is 36.6 Å². The molecule has 7 nitrogen and oxygen atoms in total. The van der Waals surface area contributed by atoms with Crippen molar-refractivity contribution in [3.8, 4) is 6.07 Å². The summed E-state index contributed by atoms with van der Waals surface area (Å²) in [5.41, 5.74) is 0.179. The summed E-state index contributed by atoms with van der Waals surface area (Å²) >= 11 is 0. The first-order valence-corrected chi connectivity index (χ1v) is 7.75. The van der Waals surface area contributed by atoms with Gasteiger partial charge in [-0.2, -0.15) is 5.26 Å². The van der Waals surface area contributed by atoms with E-state index in [-0.39, 0.29) is 11.3 Å². The number of furan rings is 1. The second kappa shape index (κ2) is 6.61. The quantitative estimate of drug-likeness (QED) is 0.385. The lowest BCUT2D eigenvalue weighted by molar-refractivity contribution is -0.384. The fraction of sp³-hybridized carbons (Fsp3) is 0.222. The van der Waals surface area contributed by atoms with Gasteiger partial charge in [-0.3, -0.25) is 14.9 Å². The van der Waals surface area contributed by atoms with Crippen LogP contribution in [0.2, 0.25) is 0 Å². The first-order valence-electron chi connectivity index (χ1n) is 7.75. The summed E-state index contributed by atoms with van der Waals surface area (Å²) in [5, 5.41) is 22.4. The van der Waals surface area contributed by atoms with Crippen molar-refractivity contribution in [1.82, 2.24) is 0 Å². The Hall–Kier alpha value is -3.40. The second-order valence-corrected chi connectivity index (χ2v) is 5.99. The van der Waals surface area contributed by atoms with Crippen LogP contribution in [0.5, 0.6) is 0 Å². The van der Waals surface area contributed by atoms with Crippen LogP contribution in [0.1, 0.15) is 30.8 Å². The number of nitro benzene ring substituents is 1. The Kier molecular flexibility index (Phi) is 4.35. The number of carbonyl (C=O) groups is 1. The maximum atomic E-state index is 12.2. The van der Waals surface area contributed by atoms with Crippen LogP contribution >= 0.6 is 0 Å². The highest BCUT2D eigenvalue weighted by atomic mass is 16.6. The number of amides is 1. The Morgan fingerprint density at radius 1 is 1.36 bits per heavy atom. The molecule has 1 heterocycles. The molecule has 126 valence electrons. The first kappa shape index (κ1) is 16.5. The Morgan fingerprint density at radius 2 is 2.04 bits per heavy atom. The summed E-state index contributed by atoms with van der Waals surface area (Å²) < 4.78 is 5.67. The van der Waals surface area contributed by atoms with Gasteiger partial charge in [-0.15, -0.1) is 0 Å². The molecule has 7 heteroatoms. The minimum Gasteiger partial charge on any atom is -0.461 e. The number of nitrogens with one attached hydrogen (secondary N) is 1. The predicted octanol–water partition coefficient (Wildman–Crippen LogP) is 3.86. The van der Waals surface area contributed by atoms with Crippen molar-refractivity contribution in [2.24, 2.45) is 5.92 Å². The number of benzene rings is 1. The molecule has 0 bridgehead atoms. The van der Waals surface area contributed by atoms with Gasteiger partial charge in [0.05, 0.1) is 4.92 Å². The third kappa shape index (κ3) is 3.75. The highest BCUT2D eigenvalue weighted by Gasteiger charge is 2.36. The maximum absolute atomic E-state index is 12.2. The number of hydrogen-bond donors (Lipinski definition) is 1. The molecule has 1 aliphatic carbocycles. The highest BCUT2D eigenvalue weighted by molar-refractivity contribution is 6.09. The molecular weight excluding hydrogens is 322 g/mol. The highest BCUT2D eigenvalue weighted by Crippen LogP contribution is 2.47. The van der Waals surface area contributed by atoms with Crippen LogP contribution in [0.25, 0.3) is 6.08 Å². The van der Waals surface area contributed by atoms with Crippen LogP contribution in [0, 0.1) is 27.4 Å². The van der Waals surface area contributed by atoms with Gasteiger partial charge in [0, 0.05) is 29.8 Å². The summed E-state index contributed by atoms with van der Waals surface area (Å²) in [7, 11) is 0. The molecule has 2 aromatic rings. The molecule has 25 heavy (non-hydrogen) atoms. The van der Waals surface area contributed by atoms with Gasteiger partial charge in [0.15, 0.2) is 0 Å². The van der Waals surface area contributed by atoms with Crippen molar-refractivity contribution < 1.29 is 14.1 Å². The van der Waals surface area contributed by atoms with Crippen molar-refractivity contribution in [1.29, 1.82) is 5.26 Å². The monoisotopic (exact) mass is 337 g/mol. The summed E-state index contributed by atoms with van der Waals surface area (Å²) in [6.07, 6.45) is 2.47. The number of non-ortho nitro benzene ring substituents is 1. The van der Waals surface area contributed by atoms with Gasteiger partial charge < -0.3 is 9.73 Å². The van der Waals surface area contributed by atoms with Gasteiger partial charge >= 0.3 is 0 Å². The van der Waals surface area contributed by atoms with E-state index in [1.54, 1.807) is 6.07 Å². The van der Waals surface area contributed by atoms with E-state index in [0.29, 0.717) is 23.3 Å². The van der Waals surface area contributed by atoms with Crippen LogP contribution < -0.4 is 5.32 Å². The van der Waals surface area contributed by atoms with Gasteiger partial charge in [0.1, 0.15) is 23.2 Å². The minimum atomic E-state index is -0.603. The van der Waals surface area contributed by atoms with E-state index in [1.165, 1.54) is 30.3 Å². The van der Waals surface area contributed by atoms with Crippen molar-refractivity contribution in [2.75, 3.05) is 5.32 Å². The molecule has 0 spiro atoms. The fourth-order valence-corrected chi connectivity index (χ4v) is 2.52. The van der Waals surface area contributed by atoms with Crippen LogP contribution in [0.15, 0.2) is 46.4 Å². The topological polar surface area (TPSA) is 109 Å². The van der Waals surface area contributed by atoms with E-state index in [4.69, 9.17) is 4.42 Å². The molecule has 1 aromatic heterocycles. The van der Waals surface area contributed by atoms with E-state index in [9.17, 15) is 20.2 Å². The van der Waals surface area contributed by atoms with Gasteiger partial charge in [-0.1, -0.05) is 6.92 Å². The number of nitriles is 1. The molecule has 2 atom stereocenters. The maximum Gasteiger partial charge on any atom is 0.269 e. The van der Waals surface area contributed by atoms with E-state index in [2.05, 4.69) is 12.2 Å². The van der Waals surface area contributed by atoms with Gasteiger partial charge in [-0.25, -0.2) is 0 Å². The van der Waals surface area contributed by atoms with E-state index in [1.807, 2.05) is 12.1 Å². The average molecular weight is 337 g/mol. The van der Waals surface area contributed by atoms with Crippen LogP contribution in [0.4, 0.5) is 11.4 Å². The summed E-state index contributed by atoms with van der Waals surface area (Å²) in [6, 6.07) is 10.8. The van der Waals surface area contributed by atoms with Crippen molar-refractivity contribution >= 4 is 23.4 Å². The lowest BCUT2D eigenvalue weighted by atomic mass is 10.2. The molecule has 1 amide bonds. The molecule has 0 aliphatic heterocycles. The lowest BCUT2D eigenvalue weighted by Crippen LogP contribution is -2.13. The molecule has 1 N–H and O–H groups in total. The van der Waals surface area contributed by atoms with Gasteiger partial charge in [0.2, 0.25) is 0 Å². The zero-order valence-electron chi connectivity index (χ0n) is 13.4. The molecule has 0 saturated heterocycles. The molecular formula is C18H15N3O4. The summed E-state index contributed by atoms with van der Waals surface area (Å²) in [5.74, 6) is 1.73. The summed E-state index contributed by atoms with van der Waals surface area (Å²) in [6.45, 7) is 2.14. The molecule has 1 saturated carbocycles. The van der Waals surface area contributed by atoms with Crippen molar-refractivity contribution in [2.45, 2.75) is 19.3 Å². The first-order chi connectivity index (χ1) is 12.0. The smallest absolute Gasteiger partial charge is 0.269 e. The Balaban J connectivity index is 1.71. The zero-order chi connectivity index (χ0) is 18.0. The van der Waals surface area contributed by atoms with Gasteiger partial charge in [0.25, 0.3) is 11.6 Å². The molecule has 1 fully saturated rings. The predicted molar refractivity (Wildman–Crippen MR) is 90.5 cm³/mol. The number of rotatable bonds is 5. The SMILES string of the molecule is C[C@@H]1C[C@@H]1c1ccc(/C=C(\C#N)C(=O)Nc2ccc([N+](=O)[O-])cc2)o1. The zero-order valence-corrected chi connectivity index (χ0v) is 13.4. The largest absolute Gasteiger partial charge is 0.461 e. The van der Waals surface area contributed by atoms with E-state index >= 15 is 0 Å². The van der Waals surface area contributed by atoms with Crippen molar-refractivity contribution in [3.63, 3.8) is 0 Å². The van der Waals surface area contributed by atoms with Crippen LogP contribution in [-0.4, -0.2) is 10.8 Å². The Labute approximate surface area is 143 Å². The third-order valence-corrected chi connectivity index (χ3v) is 4.11. The third-order valence-electron chi connectivity index (χ3n) is 4.11. The molecule has 3 rings (SSSR count). The fourth-order valence-electron chi connectivity index (χ4n) is 2.52. The van der Waals surface area contributed by atoms with Crippen LogP contribution in [0.3, 0.4) is 0 Å². The lowest BCUT2D eigenvalue weighted by Gasteiger charge is -2.03. The number of nitro groups is 1. The normalized spacial score (nSPS) is 19.1. The second-order valence-electron chi connectivity index (χ2n) is 5.99. The molecule has 1 aromatic carbocycles. The number of hydrogen-bond acceptors (Lipinski definition) is 5. The van der Waals surface area contributed by atoms with Crippen molar-refractivity contribution in [3.05, 3.63) is 63.6 Å².